The third-order valence-corrected chi connectivity index (χ3v) is 0. The molecule has 0 unspecified atom stereocenters. The molecule has 0 fully saturated rings. The quantitative estimate of drug-likeness (QED) is 0.438. The molecule has 0 saturated heterocycles. The van der Waals surface area contributed by atoms with Gasteiger partial charge in [-0.1, -0.05) is 0 Å². The Hall–Kier alpha value is 0.340. The lowest BCUT2D eigenvalue weighted by Gasteiger charge is -1.89. The van der Waals surface area contributed by atoms with Gasteiger partial charge in [0.1, 0.15) is 0 Å². The second-order valence-electron chi connectivity index (χ2n) is 0.214. The first-order valence-electron chi connectivity index (χ1n) is 0.567. The van der Waals surface area contributed by atoms with Crippen LogP contribution in [0.25, 0.3) is 0 Å². The maximum absolute atomic E-state index is 10.2. The Balaban J connectivity index is 2.32. The third kappa shape index (κ3) is 36.3. The zero-order valence-electron chi connectivity index (χ0n) is 1.63. The predicted molar refractivity (Wildman–Crippen MR) is 14.4 cm³/mol. The van der Waals surface area contributed by atoms with E-state index in [0.29, 0.717) is 0 Å². The number of rotatable bonds is 0. The maximum Gasteiger partial charge on any atom is 0.0624 e. The highest BCUT2D eigenvalue weighted by molar-refractivity contribution is 9.11. The van der Waals surface area contributed by atoms with Crippen LogP contribution in [0.3, 0.4) is 0 Å². The Kier molecular flexibility index (Phi) is 1.78. The minimum Gasteiger partial charge on any atom is -0.409 e. The lowest BCUT2D eigenvalue weighted by molar-refractivity contribution is 0.381. The molecule has 4 heavy (non-hydrogen) atoms. The van der Waals surface area contributed by atoms with Crippen molar-refractivity contribution in [3.05, 3.63) is 5.33 Å². The van der Waals surface area contributed by atoms with E-state index in [1.165, 1.54) is 0 Å². The van der Waals surface area contributed by atoms with Crippen LogP contribution in [0.4, 0.5) is 8.78 Å². The summed E-state index contributed by atoms with van der Waals surface area (Å²) in [6, 6.07) is 0. The van der Waals surface area contributed by atoms with Crippen LogP contribution in [0, 0.1) is 5.33 Å². The molecule has 0 heterocycles. The smallest absolute Gasteiger partial charge is 0.0624 e. The SMILES string of the molecule is F[C-](F)Br. The van der Waals surface area contributed by atoms with E-state index in [9.17, 15) is 8.78 Å². The highest BCUT2D eigenvalue weighted by atomic mass is 79.9. The van der Waals surface area contributed by atoms with Crippen LogP contribution in [0.5, 0.6) is 0 Å². The Morgan fingerprint density at radius 2 is 1.50 bits per heavy atom. The van der Waals surface area contributed by atoms with E-state index in [1.807, 2.05) is 15.9 Å². The van der Waals surface area contributed by atoms with E-state index in [1.54, 1.807) is 0 Å². The van der Waals surface area contributed by atoms with Gasteiger partial charge in [0, 0.05) is 0 Å². The van der Waals surface area contributed by atoms with Crippen LogP contribution in [0.1, 0.15) is 0 Å². The van der Waals surface area contributed by atoms with Gasteiger partial charge in [-0.15, -0.1) is 0 Å². The zero-order chi connectivity index (χ0) is 3.58. The van der Waals surface area contributed by atoms with E-state index in [-0.39, 0.29) is 0 Å². The summed E-state index contributed by atoms with van der Waals surface area (Å²) < 4.78 is 20.3. The highest BCUT2D eigenvalue weighted by Crippen LogP contribution is 2.09. The molecular weight excluding hydrogens is 130 g/mol. The summed E-state index contributed by atoms with van der Waals surface area (Å²) >= 11 is 1.85. The summed E-state index contributed by atoms with van der Waals surface area (Å²) in [6.07, 6.45) is 0. The Morgan fingerprint density at radius 3 is 1.50 bits per heavy atom. The van der Waals surface area contributed by atoms with Crippen molar-refractivity contribution >= 4 is 15.9 Å². The molecule has 0 radical (unpaired) electrons. The monoisotopic (exact) mass is 129 g/mol. The van der Waals surface area contributed by atoms with Crippen molar-refractivity contribution in [3.8, 4) is 0 Å². The van der Waals surface area contributed by atoms with Crippen molar-refractivity contribution in [2.24, 2.45) is 0 Å². The first-order valence-corrected chi connectivity index (χ1v) is 1.36. The normalized spacial score (nSPS) is 9.00. The summed E-state index contributed by atoms with van der Waals surface area (Å²) in [5, 5.41) is -1.77. The molecule has 0 nitrogen and oxygen atoms in total. The summed E-state index contributed by atoms with van der Waals surface area (Å²) in [7, 11) is 0. The fraction of sp³-hybridized carbons (Fsp3) is 0. The molecule has 0 saturated carbocycles. The average Bonchev–Trinajstić information content (AvgIpc) is 0.811. The number of halogens is 3. The molecule has 26 valence electrons. The molecule has 0 N–H and O–H groups in total. The minimum absolute atomic E-state index is 1.77. The Bertz CT molecular complexity index is 10.8. The first kappa shape index (κ1) is 4.34. The second-order valence-corrected chi connectivity index (χ2v) is 0.814. The van der Waals surface area contributed by atoms with Gasteiger partial charge < -0.3 is 8.78 Å². The van der Waals surface area contributed by atoms with Gasteiger partial charge in [-0.05, 0) is 0 Å². The van der Waals surface area contributed by atoms with Gasteiger partial charge in [0.2, 0.25) is 0 Å². The molecule has 0 rings (SSSR count). The molecule has 0 amide bonds. The molecule has 0 aromatic rings. The van der Waals surface area contributed by atoms with Gasteiger partial charge in [-0.2, -0.15) is 0 Å². The van der Waals surface area contributed by atoms with Crippen LogP contribution in [0.2, 0.25) is 0 Å². The standard InChI is InChI=1S/CBrF2/c2-1(3)4/q-1. The summed E-state index contributed by atoms with van der Waals surface area (Å²) in [6.45, 7) is 0. The van der Waals surface area contributed by atoms with Crippen molar-refractivity contribution in [3.63, 3.8) is 0 Å². The van der Waals surface area contributed by atoms with Crippen LogP contribution in [-0.2, 0) is 0 Å². The summed E-state index contributed by atoms with van der Waals surface area (Å²) in [5.74, 6) is 0. The van der Waals surface area contributed by atoms with Crippen molar-refractivity contribution in [1.82, 2.24) is 0 Å². The molecule has 0 aromatic carbocycles. The number of hydrogen-bond donors (Lipinski definition) is 0. The van der Waals surface area contributed by atoms with Crippen molar-refractivity contribution in [2.45, 2.75) is 0 Å². The predicted octanol–water partition coefficient (Wildman–Crippen LogP) is 1.77. The first-order chi connectivity index (χ1) is 1.73. The zero-order valence-corrected chi connectivity index (χ0v) is 3.22. The lowest BCUT2D eigenvalue weighted by Crippen LogP contribution is -1.43. The van der Waals surface area contributed by atoms with Crippen LogP contribution in [-0.4, -0.2) is 0 Å². The van der Waals surface area contributed by atoms with E-state index in [4.69, 9.17) is 0 Å². The van der Waals surface area contributed by atoms with E-state index in [0.717, 1.165) is 0 Å². The van der Waals surface area contributed by atoms with Crippen molar-refractivity contribution in [1.29, 1.82) is 0 Å². The van der Waals surface area contributed by atoms with Crippen LogP contribution in [0.15, 0.2) is 0 Å². The van der Waals surface area contributed by atoms with Crippen molar-refractivity contribution < 1.29 is 8.78 Å². The molecule has 0 bridgehead atoms. The fourth-order valence-electron chi connectivity index (χ4n) is 0. The van der Waals surface area contributed by atoms with Crippen LogP contribution >= 0.6 is 15.9 Å². The average molecular weight is 130 g/mol. The second kappa shape index (κ2) is 1.64. The van der Waals surface area contributed by atoms with E-state index < -0.39 is 5.33 Å². The topological polar surface area (TPSA) is 0 Å². The molecular formula is CBrF2-. The lowest BCUT2D eigenvalue weighted by atomic mass is 11.7. The fourth-order valence-corrected chi connectivity index (χ4v) is 0. The van der Waals surface area contributed by atoms with Crippen LogP contribution < -0.4 is 0 Å². The van der Waals surface area contributed by atoms with Gasteiger partial charge in [0.15, 0.2) is 0 Å². The maximum atomic E-state index is 10.2. The third-order valence-electron chi connectivity index (χ3n) is 0. The Labute approximate surface area is 30.9 Å². The largest absolute Gasteiger partial charge is 0.409 e. The van der Waals surface area contributed by atoms with Gasteiger partial charge in [0.25, 0.3) is 0 Å². The van der Waals surface area contributed by atoms with Crippen molar-refractivity contribution in [2.75, 3.05) is 0 Å². The Morgan fingerprint density at radius 1 is 1.50 bits per heavy atom. The molecule has 0 aliphatic carbocycles. The minimum atomic E-state index is -1.77. The molecule has 0 aliphatic heterocycles. The molecule has 3 heteroatoms. The van der Waals surface area contributed by atoms with E-state index >= 15 is 0 Å². The van der Waals surface area contributed by atoms with Gasteiger partial charge >= 0.3 is 0 Å². The molecule has 0 aliphatic rings. The van der Waals surface area contributed by atoms with Gasteiger partial charge in [-0.3, -0.25) is 0 Å². The molecule has 0 atom stereocenters. The highest BCUT2D eigenvalue weighted by Gasteiger charge is 1.60. The van der Waals surface area contributed by atoms with Gasteiger partial charge in [-0.25, -0.2) is 15.9 Å². The molecule has 0 aromatic heterocycles. The van der Waals surface area contributed by atoms with Gasteiger partial charge in [0.05, 0.1) is 5.33 Å². The number of hydrogen-bond acceptors (Lipinski definition) is 0. The van der Waals surface area contributed by atoms with E-state index in [2.05, 4.69) is 0 Å². The molecule has 0 spiro atoms. The summed E-state index contributed by atoms with van der Waals surface area (Å²) in [4.78, 5) is 0. The summed E-state index contributed by atoms with van der Waals surface area (Å²) in [5.41, 5.74) is 0.